The molecule has 1 atom stereocenters. The van der Waals surface area contributed by atoms with E-state index in [1.807, 2.05) is 41.5 Å². The predicted octanol–water partition coefficient (Wildman–Crippen LogP) is 2.37. The third kappa shape index (κ3) is 4.21. The minimum atomic E-state index is -0.572. The van der Waals surface area contributed by atoms with Gasteiger partial charge in [0.25, 0.3) is 0 Å². The van der Waals surface area contributed by atoms with Gasteiger partial charge >= 0.3 is 6.09 Å². The number of ketones is 1. The molecule has 0 unspecified atom stereocenters. The topological polar surface area (TPSA) is 55.4 Å². The molecule has 0 fully saturated rings. The van der Waals surface area contributed by atoms with E-state index in [0.29, 0.717) is 0 Å². The zero-order chi connectivity index (χ0) is 13.1. The quantitative estimate of drug-likeness (QED) is 0.791. The molecule has 0 aromatic carbocycles. The van der Waals surface area contributed by atoms with Crippen molar-refractivity contribution in [1.82, 2.24) is 5.32 Å². The van der Waals surface area contributed by atoms with Crippen LogP contribution in [0.5, 0.6) is 0 Å². The van der Waals surface area contributed by atoms with Crippen LogP contribution >= 0.6 is 0 Å². The molecule has 0 aliphatic carbocycles. The smallest absolute Gasteiger partial charge is 0.407 e. The van der Waals surface area contributed by atoms with Crippen molar-refractivity contribution in [3.63, 3.8) is 0 Å². The van der Waals surface area contributed by atoms with E-state index in [4.69, 9.17) is 0 Å². The van der Waals surface area contributed by atoms with Gasteiger partial charge in [-0.3, -0.25) is 4.79 Å². The average molecular weight is 229 g/mol. The fourth-order valence-corrected chi connectivity index (χ4v) is 1.29. The van der Waals surface area contributed by atoms with Crippen molar-refractivity contribution in [2.24, 2.45) is 10.8 Å². The van der Waals surface area contributed by atoms with E-state index in [2.05, 4.69) is 10.1 Å². The number of carbonyl (C=O) groups excluding carboxylic acids is 2. The Bertz CT molecular complexity index is 271. The van der Waals surface area contributed by atoms with Crippen LogP contribution in [-0.2, 0) is 9.53 Å². The summed E-state index contributed by atoms with van der Waals surface area (Å²) in [7, 11) is 1.29. The van der Waals surface area contributed by atoms with E-state index in [0.717, 1.165) is 0 Å². The molecule has 0 aliphatic rings. The fourth-order valence-electron chi connectivity index (χ4n) is 1.29. The van der Waals surface area contributed by atoms with Crippen molar-refractivity contribution in [2.75, 3.05) is 7.11 Å². The van der Waals surface area contributed by atoms with Crippen molar-refractivity contribution >= 4 is 11.9 Å². The predicted molar refractivity (Wildman–Crippen MR) is 63.2 cm³/mol. The number of Topliss-reactive ketones (excluding diaryl/α,β-unsaturated/α-hetero) is 1. The average Bonchev–Trinajstić information content (AvgIpc) is 2.09. The Morgan fingerprint density at radius 2 is 1.50 bits per heavy atom. The van der Waals surface area contributed by atoms with Crippen molar-refractivity contribution in [3.05, 3.63) is 0 Å². The SMILES string of the molecule is COC(=O)N[C@H](C(=O)C(C)(C)C)C(C)(C)C. The van der Waals surface area contributed by atoms with Gasteiger partial charge in [-0.2, -0.15) is 0 Å². The van der Waals surface area contributed by atoms with Crippen LogP contribution in [0.15, 0.2) is 0 Å². The third-order valence-corrected chi connectivity index (χ3v) is 2.31. The molecule has 4 heteroatoms. The normalized spacial score (nSPS) is 14.2. The number of rotatable bonds is 2. The highest BCUT2D eigenvalue weighted by Crippen LogP contribution is 2.27. The third-order valence-electron chi connectivity index (χ3n) is 2.31. The zero-order valence-electron chi connectivity index (χ0n) is 11.3. The number of nitrogens with one attached hydrogen (secondary N) is 1. The Labute approximate surface area is 97.7 Å². The van der Waals surface area contributed by atoms with Crippen molar-refractivity contribution in [1.29, 1.82) is 0 Å². The van der Waals surface area contributed by atoms with Crippen LogP contribution < -0.4 is 5.32 Å². The molecule has 0 rings (SSSR count). The van der Waals surface area contributed by atoms with Gasteiger partial charge in [0.15, 0.2) is 5.78 Å². The van der Waals surface area contributed by atoms with Crippen LogP contribution in [0.1, 0.15) is 41.5 Å². The van der Waals surface area contributed by atoms with Gasteiger partial charge in [-0.15, -0.1) is 0 Å². The Morgan fingerprint density at radius 1 is 1.06 bits per heavy atom. The van der Waals surface area contributed by atoms with Crippen LogP contribution in [0.3, 0.4) is 0 Å². The first kappa shape index (κ1) is 14.9. The van der Waals surface area contributed by atoms with Crippen LogP contribution in [0.25, 0.3) is 0 Å². The van der Waals surface area contributed by atoms with Gasteiger partial charge in [0.05, 0.1) is 13.2 Å². The van der Waals surface area contributed by atoms with Crippen LogP contribution in [0.2, 0.25) is 0 Å². The zero-order valence-corrected chi connectivity index (χ0v) is 11.3. The maximum Gasteiger partial charge on any atom is 0.407 e. The van der Waals surface area contributed by atoms with Gasteiger partial charge in [0, 0.05) is 5.41 Å². The summed E-state index contributed by atoms with van der Waals surface area (Å²) in [5, 5.41) is 2.60. The molecular formula is C12H23NO3. The summed E-state index contributed by atoms with van der Waals surface area (Å²) >= 11 is 0. The second-order valence-corrected chi connectivity index (χ2v) is 6.05. The molecule has 0 radical (unpaired) electrons. The Kier molecular flexibility index (Phi) is 4.53. The first-order valence-electron chi connectivity index (χ1n) is 5.39. The number of hydrogen-bond acceptors (Lipinski definition) is 3. The summed E-state index contributed by atoms with van der Waals surface area (Å²) in [6.07, 6.45) is -0.572. The van der Waals surface area contributed by atoms with E-state index in [-0.39, 0.29) is 11.2 Å². The summed E-state index contributed by atoms with van der Waals surface area (Å²) in [6.45, 7) is 11.3. The summed E-state index contributed by atoms with van der Waals surface area (Å²) in [6, 6.07) is -0.542. The number of alkyl carbamates (subject to hydrolysis) is 1. The van der Waals surface area contributed by atoms with E-state index < -0.39 is 17.6 Å². The van der Waals surface area contributed by atoms with Gasteiger partial charge in [-0.05, 0) is 5.41 Å². The van der Waals surface area contributed by atoms with Gasteiger partial charge in [0.2, 0.25) is 0 Å². The Morgan fingerprint density at radius 3 is 1.75 bits per heavy atom. The van der Waals surface area contributed by atoms with Gasteiger partial charge < -0.3 is 10.1 Å². The maximum atomic E-state index is 12.2. The molecule has 0 aromatic heterocycles. The molecule has 0 aromatic rings. The molecule has 0 heterocycles. The molecule has 0 aliphatic heterocycles. The lowest BCUT2D eigenvalue weighted by molar-refractivity contribution is -0.130. The maximum absolute atomic E-state index is 12.2. The molecule has 1 N–H and O–H groups in total. The minimum absolute atomic E-state index is 0.00500. The number of hydrogen-bond donors (Lipinski definition) is 1. The molecule has 4 nitrogen and oxygen atoms in total. The lowest BCUT2D eigenvalue weighted by atomic mass is 9.76. The van der Waals surface area contributed by atoms with E-state index in [1.165, 1.54) is 7.11 Å². The summed E-state index contributed by atoms with van der Waals surface area (Å²) < 4.78 is 4.54. The van der Waals surface area contributed by atoms with E-state index in [9.17, 15) is 9.59 Å². The largest absolute Gasteiger partial charge is 0.453 e. The molecule has 94 valence electrons. The van der Waals surface area contributed by atoms with Crippen LogP contribution in [-0.4, -0.2) is 25.0 Å². The van der Waals surface area contributed by atoms with Gasteiger partial charge in [-0.1, -0.05) is 41.5 Å². The van der Waals surface area contributed by atoms with E-state index >= 15 is 0 Å². The first-order chi connectivity index (χ1) is 7.00. The fraction of sp³-hybridized carbons (Fsp3) is 0.833. The van der Waals surface area contributed by atoms with Gasteiger partial charge in [-0.25, -0.2) is 4.79 Å². The highest BCUT2D eigenvalue weighted by atomic mass is 16.5. The lowest BCUT2D eigenvalue weighted by Gasteiger charge is -2.34. The summed E-state index contributed by atoms with van der Waals surface area (Å²) in [5.74, 6) is 0.00500. The number of carbonyl (C=O) groups is 2. The monoisotopic (exact) mass is 229 g/mol. The molecule has 0 bridgehead atoms. The molecule has 0 spiro atoms. The molecule has 1 amide bonds. The second kappa shape index (κ2) is 4.85. The Hall–Kier alpha value is -1.06. The summed E-state index contributed by atoms with van der Waals surface area (Å²) in [5.41, 5.74) is -0.822. The molecule has 0 saturated carbocycles. The Balaban J connectivity index is 4.98. The minimum Gasteiger partial charge on any atom is -0.453 e. The first-order valence-corrected chi connectivity index (χ1v) is 5.39. The molecule has 0 saturated heterocycles. The number of ether oxygens (including phenoxy) is 1. The number of amides is 1. The molecule has 16 heavy (non-hydrogen) atoms. The highest BCUT2D eigenvalue weighted by molar-refractivity contribution is 5.91. The number of methoxy groups -OCH3 is 1. The van der Waals surface area contributed by atoms with Gasteiger partial charge in [0.1, 0.15) is 0 Å². The molecular weight excluding hydrogens is 206 g/mol. The van der Waals surface area contributed by atoms with Crippen molar-refractivity contribution < 1.29 is 14.3 Å². The standard InChI is InChI=1S/C12H23NO3/c1-11(2,3)8(13-10(15)16-7)9(14)12(4,5)6/h8H,1-7H3,(H,13,15)/t8-/m1/s1. The highest BCUT2D eigenvalue weighted by Gasteiger charge is 2.38. The van der Waals surface area contributed by atoms with Crippen molar-refractivity contribution in [3.8, 4) is 0 Å². The van der Waals surface area contributed by atoms with Crippen LogP contribution in [0.4, 0.5) is 4.79 Å². The lowest BCUT2D eigenvalue weighted by Crippen LogP contribution is -2.52. The van der Waals surface area contributed by atoms with E-state index in [1.54, 1.807) is 0 Å². The summed E-state index contributed by atoms with van der Waals surface area (Å²) in [4.78, 5) is 23.4. The van der Waals surface area contributed by atoms with Crippen LogP contribution in [0, 0.1) is 10.8 Å². The van der Waals surface area contributed by atoms with Crippen molar-refractivity contribution in [2.45, 2.75) is 47.6 Å². The second-order valence-electron chi connectivity index (χ2n) is 6.05.